The minimum absolute atomic E-state index is 0.215. The van der Waals surface area contributed by atoms with Crippen LogP contribution in [0.2, 0.25) is 0 Å². The Bertz CT molecular complexity index is 922. The fourth-order valence-corrected chi connectivity index (χ4v) is 9.10. The van der Waals surface area contributed by atoms with Gasteiger partial charge >= 0.3 is 6.09 Å². The van der Waals surface area contributed by atoms with Crippen molar-refractivity contribution in [3.8, 4) is 0 Å². The number of fused-ring (bicyclic) bond motifs is 5. The molecule has 4 aliphatic carbocycles. The van der Waals surface area contributed by atoms with Gasteiger partial charge in [0, 0.05) is 32.0 Å². The first-order chi connectivity index (χ1) is 17.2. The van der Waals surface area contributed by atoms with Gasteiger partial charge in [-0.25, -0.2) is 4.79 Å². The zero-order valence-corrected chi connectivity index (χ0v) is 23.0. The number of amides is 1. The van der Waals surface area contributed by atoms with E-state index in [9.17, 15) is 9.59 Å². The van der Waals surface area contributed by atoms with Gasteiger partial charge in [0.1, 0.15) is 0 Å². The van der Waals surface area contributed by atoms with Gasteiger partial charge < -0.3 is 10.2 Å². The molecule has 1 aliphatic heterocycles. The first-order valence-corrected chi connectivity index (χ1v) is 14.7. The maximum Gasteiger partial charge on any atom is 0.435 e. The molecule has 6 nitrogen and oxygen atoms in total. The monoisotopic (exact) mass is 497 g/mol. The molecule has 0 aromatic heterocycles. The fourth-order valence-electron chi connectivity index (χ4n) is 9.10. The Morgan fingerprint density at radius 3 is 2.72 bits per heavy atom. The average Bonchev–Trinajstić information content (AvgIpc) is 3.24. The summed E-state index contributed by atoms with van der Waals surface area (Å²) in [6, 6.07) is 0.507. The zero-order chi connectivity index (χ0) is 25.5. The summed E-state index contributed by atoms with van der Waals surface area (Å²) in [6.07, 6.45) is 15.2. The first-order valence-electron chi connectivity index (χ1n) is 14.7. The summed E-state index contributed by atoms with van der Waals surface area (Å²) in [5, 5.41) is 7.96. The van der Waals surface area contributed by atoms with E-state index in [4.69, 9.17) is 4.84 Å². The lowest BCUT2D eigenvalue weighted by Crippen LogP contribution is -2.51. The molecule has 5 aliphatic rings. The minimum atomic E-state index is -0.347. The Hall–Kier alpha value is -1.69. The molecule has 200 valence electrons. The highest BCUT2D eigenvalue weighted by Gasteiger charge is 2.59. The SMILES string of the molecule is C/C(=N\OC(=O)N(C)CCC1CCCCN1)[C@H]1CC[C@H]2[C@@H]3CCC4=CC(=O)CC[C@]4(C)[C@H]3CC[C@]12C. The van der Waals surface area contributed by atoms with Crippen molar-refractivity contribution in [1.82, 2.24) is 10.2 Å². The number of hydrogen-bond acceptors (Lipinski definition) is 5. The maximum atomic E-state index is 12.6. The molecule has 7 atom stereocenters. The molecule has 4 fully saturated rings. The average molecular weight is 498 g/mol. The third kappa shape index (κ3) is 4.68. The number of oxime groups is 1. The van der Waals surface area contributed by atoms with E-state index >= 15 is 0 Å². The third-order valence-electron chi connectivity index (χ3n) is 11.3. The third-order valence-corrected chi connectivity index (χ3v) is 11.3. The van der Waals surface area contributed by atoms with E-state index < -0.39 is 0 Å². The lowest BCUT2D eigenvalue weighted by Gasteiger charge is -2.58. The summed E-state index contributed by atoms with van der Waals surface area (Å²) in [5.41, 5.74) is 2.86. The molecular formula is C30H47N3O3. The smallest absolute Gasteiger partial charge is 0.314 e. The van der Waals surface area contributed by atoms with Gasteiger partial charge in [-0.3, -0.25) is 9.63 Å². The van der Waals surface area contributed by atoms with Gasteiger partial charge in [0.2, 0.25) is 0 Å². The molecule has 6 heteroatoms. The Morgan fingerprint density at radius 1 is 1.11 bits per heavy atom. The van der Waals surface area contributed by atoms with Crippen molar-refractivity contribution in [2.24, 2.45) is 39.7 Å². The first kappa shape index (κ1) is 25.9. The van der Waals surface area contributed by atoms with Crippen LogP contribution in [0.3, 0.4) is 0 Å². The van der Waals surface area contributed by atoms with E-state index in [1.807, 2.05) is 13.1 Å². The predicted octanol–water partition coefficient (Wildman–Crippen LogP) is 6.11. The maximum absolute atomic E-state index is 12.6. The van der Waals surface area contributed by atoms with Crippen LogP contribution >= 0.6 is 0 Å². The normalized spacial score (nSPS) is 40.6. The molecule has 0 aromatic carbocycles. The largest absolute Gasteiger partial charge is 0.435 e. The standard InChI is InChI=1S/C30H47N3O3/c1-20(32-36-28(35)33(4)18-14-22-7-5-6-17-31-22)25-10-11-26-24-9-8-21-19-23(34)12-15-29(21,2)27(24)13-16-30(25,26)3/h19,22,24-27,31H,5-18H2,1-4H3/b32-20+/t22?,24-,25+,26-,27-,29-,30+/m0/s1. The molecule has 36 heavy (non-hydrogen) atoms. The Balaban J connectivity index is 1.20. The van der Waals surface area contributed by atoms with Crippen LogP contribution in [0, 0.1) is 34.5 Å². The second-order valence-electron chi connectivity index (χ2n) is 13.1. The highest BCUT2D eigenvalue weighted by atomic mass is 16.7. The summed E-state index contributed by atoms with van der Waals surface area (Å²) in [6.45, 7) is 8.78. The van der Waals surface area contributed by atoms with Gasteiger partial charge in [0.05, 0.1) is 5.71 Å². The Kier molecular flexibility index (Phi) is 7.37. The minimum Gasteiger partial charge on any atom is -0.314 e. The predicted molar refractivity (Wildman–Crippen MR) is 143 cm³/mol. The Morgan fingerprint density at radius 2 is 1.94 bits per heavy atom. The molecule has 1 N–H and O–H groups in total. The van der Waals surface area contributed by atoms with Gasteiger partial charge in [0.25, 0.3) is 0 Å². The molecule has 0 bridgehead atoms. The second-order valence-corrected chi connectivity index (χ2v) is 13.1. The molecule has 3 saturated carbocycles. The molecule has 5 rings (SSSR count). The molecule has 0 radical (unpaired) electrons. The van der Waals surface area contributed by atoms with E-state index in [1.165, 1.54) is 50.5 Å². The van der Waals surface area contributed by atoms with Gasteiger partial charge in [-0.2, -0.15) is 0 Å². The molecule has 0 aromatic rings. The molecule has 0 spiro atoms. The molecule has 1 saturated heterocycles. The van der Waals surface area contributed by atoms with Crippen LogP contribution in [-0.2, 0) is 9.63 Å². The number of carbonyl (C=O) groups is 2. The van der Waals surface area contributed by atoms with Gasteiger partial charge in [0.15, 0.2) is 5.78 Å². The van der Waals surface area contributed by atoms with E-state index in [1.54, 1.807) is 4.90 Å². The molecular weight excluding hydrogens is 450 g/mol. The van der Waals surface area contributed by atoms with E-state index in [0.29, 0.717) is 36.1 Å². The number of hydrogen-bond donors (Lipinski definition) is 1. The van der Waals surface area contributed by atoms with Crippen molar-refractivity contribution in [2.45, 2.75) is 104 Å². The number of rotatable bonds is 5. The van der Waals surface area contributed by atoms with Crippen LogP contribution in [0.5, 0.6) is 0 Å². The summed E-state index contributed by atoms with van der Waals surface area (Å²) in [5.74, 6) is 2.85. The van der Waals surface area contributed by atoms with Crippen molar-refractivity contribution >= 4 is 17.6 Å². The van der Waals surface area contributed by atoms with Crippen LogP contribution in [0.1, 0.15) is 97.8 Å². The van der Waals surface area contributed by atoms with Gasteiger partial charge in [-0.1, -0.05) is 31.0 Å². The van der Waals surface area contributed by atoms with E-state index in [2.05, 4.69) is 31.2 Å². The van der Waals surface area contributed by atoms with Gasteiger partial charge in [-0.05, 0) is 112 Å². The van der Waals surface area contributed by atoms with E-state index in [0.717, 1.165) is 50.3 Å². The number of allylic oxidation sites excluding steroid dienone is 1. The van der Waals surface area contributed by atoms with Gasteiger partial charge in [-0.15, -0.1) is 0 Å². The topological polar surface area (TPSA) is 71.0 Å². The van der Waals surface area contributed by atoms with Crippen LogP contribution in [-0.4, -0.2) is 48.7 Å². The lowest BCUT2D eigenvalue weighted by atomic mass is 9.46. The van der Waals surface area contributed by atoms with Crippen LogP contribution in [0.4, 0.5) is 4.79 Å². The number of nitrogens with one attached hydrogen (secondary N) is 1. The highest BCUT2D eigenvalue weighted by molar-refractivity contribution is 5.91. The molecule has 1 amide bonds. The van der Waals surface area contributed by atoms with Crippen LogP contribution in [0.15, 0.2) is 16.8 Å². The van der Waals surface area contributed by atoms with Crippen molar-refractivity contribution in [2.75, 3.05) is 20.1 Å². The second kappa shape index (κ2) is 10.2. The summed E-state index contributed by atoms with van der Waals surface area (Å²) < 4.78 is 0. The molecule has 1 heterocycles. The van der Waals surface area contributed by atoms with Crippen molar-refractivity contribution in [3.63, 3.8) is 0 Å². The summed E-state index contributed by atoms with van der Waals surface area (Å²) in [4.78, 5) is 31.9. The van der Waals surface area contributed by atoms with Crippen molar-refractivity contribution in [1.29, 1.82) is 0 Å². The van der Waals surface area contributed by atoms with E-state index in [-0.39, 0.29) is 16.9 Å². The highest BCUT2D eigenvalue weighted by Crippen LogP contribution is 2.66. The van der Waals surface area contributed by atoms with Crippen molar-refractivity contribution < 1.29 is 14.4 Å². The number of carbonyl (C=O) groups excluding carboxylic acids is 2. The van der Waals surface area contributed by atoms with Crippen LogP contribution in [0.25, 0.3) is 0 Å². The number of nitrogens with zero attached hydrogens (tertiary/aromatic N) is 2. The number of ketones is 1. The lowest BCUT2D eigenvalue weighted by molar-refractivity contribution is -0.117. The quantitative estimate of drug-likeness (QED) is 0.283. The zero-order valence-electron chi connectivity index (χ0n) is 23.0. The van der Waals surface area contributed by atoms with Crippen molar-refractivity contribution in [3.05, 3.63) is 11.6 Å². The summed E-state index contributed by atoms with van der Waals surface area (Å²) >= 11 is 0. The fraction of sp³-hybridized carbons (Fsp3) is 0.833. The number of piperidine rings is 1. The van der Waals surface area contributed by atoms with Crippen LogP contribution < -0.4 is 5.32 Å². The summed E-state index contributed by atoms with van der Waals surface area (Å²) in [7, 11) is 1.81. The Labute approximate surface area is 217 Å². The molecule has 1 unspecified atom stereocenters.